The zero-order valence-corrected chi connectivity index (χ0v) is 21.8. The molecule has 1 aliphatic heterocycles. The second-order valence-corrected chi connectivity index (χ2v) is 11.9. The summed E-state index contributed by atoms with van der Waals surface area (Å²) >= 11 is 0. The highest BCUT2D eigenvalue weighted by Gasteiger charge is 2.31. The van der Waals surface area contributed by atoms with Gasteiger partial charge in [0, 0.05) is 18.5 Å². The van der Waals surface area contributed by atoms with Crippen LogP contribution >= 0.6 is 0 Å². The van der Waals surface area contributed by atoms with Crippen LogP contribution < -0.4 is 21.5 Å². The molecule has 2 unspecified atom stereocenters. The van der Waals surface area contributed by atoms with Gasteiger partial charge < -0.3 is 15.7 Å². The van der Waals surface area contributed by atoms with Crippen LogP contribution in [-0.2, 0) is 16.0 Å². The van der Waals surface area contributed by atoms with Crippen molar-refractivity contribution in [2.45, 2.75) is 72.4 Å². The van der Waals surface area contributed by atoms with Crippen LogP contribution in [0.25, 0.3) is 0 Å². The van der Waals surface area contributed by atoms with Crippen LogP contribution in [0.15, 0.2) is 76.5 Å². The van der Waals surface area contributed by atoms with Crippen molar-refractivity contribution in [3.8, 4) is 0 Å². The molecule has 39 heavy (non-hydrogen) atoms. The van der Waals surface area contributed by atoms with Crippen LogP contribution in [0.1, 0.15) is 49.3 Å². The van der Waals surface area contributed by atoms with Gasteiger partial charge in [0.2, 0.25) is 9.84 Å². The van der Waals surface area contributed by atoms with Crippen molar-refractivity contribution in [1.82, 2.24) is 15.8 Å². The van der Waals surface area contributed by atoms with Gasteiger partial charge in [-0.2, -0.15) is 13.2 Å². The maximum atomic E-state index is 13.4. The lowest BCUT2D eigenvalue weighted by Crippen LogP contribution is -2.36. The standard InChI is InChI=1S/C27H30F3N5O3S/c28-27(29,30)18-8-6-17(7-9-18)23-16-26(35-34-23)33-25-15-22(39(37,38)21-4-2-1-3-5-21)14-24(32-25)31-19-10-12-20(36)13-11-19/h1-9,14-15,19-20,23,26,34-36H,10-13,16H2,(H2,31,32,33). The molecule has 0 amide bonds. The molecular weight excluding hydrogens is 531 g/mol. The van der Waals surface area contributed by atoms with Crippen molar-refractivity contribution in [2.75, 3.05) is 10.6 Å². The van der Waals surface area contributed by atoms with Crippen molar-refractivity contribution >= 4 is 21.5 Å². The quantitative estimate of drug-likeness (QED) is 0.284. The Labute approximate surface area is 224 Å². The number of aromatic nitrogens is 1. The fourth-order valence-corrected chi connectivity index (χ4v) is 6.25. The van der Waals surface area contributed by atoms with Gasteiger partial charge in [-0.25, -0.2) is 24.3 Å². The lowest BCUT2D eigenvalue weighted by Gasteiger charge is -2.27. The van der Waals surface area contributed by atoms with Gasteiger partial charge in [-0.3, -0.25) is 0 Å². The first kappa shape index (κ1) is 27.4. The first-order valence-corrected chi connectivity index (χ1v) is 14.3. The molecule has 5 rings (SSSR count). The minimum Gasteiger partial charge on any atom is -0.393 e. The largest absolute Gasteiger partial charge is 0.416 e. The Morgan fingerprint density at radius 1 is 0.846 bits per heavy atom. The Balaban J connectivity index is 1.36. The SMILES string of the molecule is O=S(=O)(c1ccccc1)c1cc(NC2CCC(O)CC2)nc(NC2CC(c3ccc(C(F)(F)F)cc3)NN2)c1. The molecule has 1 saturated heterocycles. The van der Waals surface area contributed by atoms with E-state index in [4.69, 9.17) is 0 Å². The third-order valence-corrected chi connectivity index (χ3v) is 8.83. The number of rotatable bonds is 7. The zero-order valence-electron chi connectivity index (χ0n) is 20.9. The van der Waals surface area contributed by atoms with Gasteiger partial charge in [-0.05, 0) is 67.6 Å². The fraction of sp³-hybridized carbons (Fsp3) is 0.370. The third-order valence-electron chi connectivity index (χ3n) is 7.08. The lowest BCUT2D eigenvalue weighted by molar-refractivity contribution is -0.137. The van der Waals surface area contributed by atoms with E-state index in [2.05, 4.69) is 26.5 Å². The smallest absolute Gasteiger partial charge is 0.393 e. The first-order chi connectivity index (χ1) is 18.6. The van der Waals surface area contributed by atoms with E-state index >= 15 is 0 Å². The summed E-state index contributed by atoms with van der Waals surface area (Å²) in [5.41, 5.74) is 6.13. The van der Waals surface area contributed by atoms with E-state index < -0.39 is 21.6 Å². The maximum absolute atomic E-state index is 13.4. The van der Waals surface area contributed by atoms with Crippen molar-refractivity contribution in [2.24, 2.45) is 0 Å². The van der Waals surface area contributed by atoms with Gasteiger partial charge >= 0.3 is 6.18 Å². The van der Waals surface area contributed by atoms with E-state index in [9.17, 15) is 26.7 Å². The third kappa shape index (κ3) is 6.52. The topological polar surface area (TPSA) is 115 Å². The number of nitrogens with zero attached hydrogens (tertiary/aromatic N) is 1. The molecule has 3 aromatic rings. The number of sulfone groups is 1. The van der Waals surface area contributed by atoms with Gasteiger partial charge in [0.15, 0.2) is 0 Å². The molecule has 2 fully saturated rings. The molecule has 2 aromatic carbocycles. The van der Waals surface area contributed by atoms with Crippen LogP contribution in [0.5, 0.6) is 0 Å². The van der Waals surface area contributed by atoms with Gasteiger partial charge in [-0.1, -0.05) is 30.3 Å². The van der Waals surface area contributed by atoms with Crippen molar-refractivity contribution in [1.29, 1.82) is 0 Å². The number of benzene rings is 2. The summed E-state index contributed by atoms with van der Waals surface area (Å²) in [4.78, 5) is 4.85. The molecule has 1 saturated carbocycles. The monoisotopic (exact) mass is 561 g/mol. The van der Waals surface area contributed by atoms with Gasteiger partial charge in [0.25, 0.3) is 0 Å². The molecule has 0 bridgehead atoms. The summed E-state index contributed by atoms with van der Waals surface area (Å²) < 4.78 is 65.6. The van der Waals surface area contributed by atoms with E-state index in [1.807, 2.05) is 0 Å². The number of halogens is 3. The molecule has 2 aliphatic rings. The molecule has 2 heterocycles. The van der Waals surface area contributed by atoms with Crippen LogP contribution in [0.4, 0.5) is 24.8 Å². The van der Waals surface area contributed by atoms with Crippen molar-refractivity contribution in [3.05, 3.63) is 77.9 Å². The van der Waals surface area contributed by atoms with Gasteiger partial charge in [-0.15, -0.1) is 0 Å². The maximum Gasteiger partial charge on any atom is 0.416 e. The highest BCUT2D eigenvalue weighted by Crippen LogP contribution is 2.32. The number of pyridine rings is 1. The Kier molecular flexibility index (Phi) is 7.81. The lowest BCUT2D eigenvalue weighted by atomic mass is 9.93. The number of anilines is 2. The number of nitrogens with one attached hydrogen (secondary N) is 4. The molecule has 1 aliphatic carbocycles. The second-order valence-electron chi connectivity index (χ2n) is 9.93. The number of hydrazine groups is 1. The second kappa shape index (κ2) is 11.1. The number of alkyl halides is 3. The molecule has 1 aromatic heterocycles. The zero-order chi connectivity index (χ0) is 27.6. The van der Waals surface area contributed by atoms with Crippen LogP contribution in [-0.4, -0.2) is 36.8 Å². The molecule has 5 N–H and O–H groups in total. The Morgan fingerprint density at radius 2 is 1.49 bits per heavy atom. The minimum atomic E-state index is -4.40. The summed E-state index contributed by atoms with van der Waals surface area (Å²) in [6, 6.07) is 15.9. The number of aliphatic hydroxyl groups is 1. The van der Waals surface area contributed by atoms with Crippen molar-refractivity contribution in [3.63, 3.8) is 0 Å². The van der Waals surface area contributed by atoms with Crippen LogP contribution in [0.2, 0.25) is 0 Å². The number of hydrogen-bond acceptors (Lipinski definition) is 8. The molecule has 0 radical (unpaired) electrons. The summed E-state index contributed by atoms with van der Waals surface area (Å²) in [6.45, 7) is 0. The highest BCUT2D eigenvalue weighted by molar-refractivity contribution is 7.91. The first-order valence-electron chi connectivity index (χ1n) is 12.8. The normalized spacial score (nSPS) is 23.9. The van der Waals surface area contributed by atoms with E-state index in [0.717, 1.165) is 25.0 Å². The Morgan fingerprint density at radius 3 is 2.13 bits per heavy atom. The molecule has 12 heteroatoms. The van der Waals surface area contributed by atoms with Crippen molar-refractivity contribution < 1.29 is 26.7 Å². The molecule has 0 spiro atoms. The molecule has 2 atom stereocenters. The Bertz CT molecular complexity index is 1380. The average Bonchev–Trinajstić information content (AvgIpc) is 3.38. The number of hydrogen-bond donors (Lipinski definition) is 5. The minimum absolute atomic E-state index is 0.0544. The Hall–Kier alpha value is -3.19. The summed E-state index contributed by atoms with van der Waals surface area (Å²) in [6.07, 6.45) is -1.81. The highest BCUT2D eigenvalue weighted by atomic mass is 32.2. The summed E-state index contributed by atoms with van der Waals surface area (Å²) in [5.74, 6) is 0.735. The number of aliphatic hydroxyl groups excluding tert-OH is 1. The van der Waals surface area contributed by atoms with E-state index in [1.165, 1.54) is 36.4 Å². The van der Waals surface area contributed by atoms with E-state index in [1.54, 1.807) is 18.2 Å². The van der Waals surface area contributed by atoms with Crippen LogP contribution in [0.3, 0.4) is 0 Å². The molecule has 8 nitrogen and oxygen atoms in total. The molecular formula is C27H30F3N5O3S. The van der Waals surface area contributed by atoms with Gasteiger partial charge in [0.1, 0.15) is 11.6 Å². The summed E-state index contributed by atoms with van der Waals surface area (Å²) in [5, 5.41) is 16.4. The predicted molar refractivity (Wildman–Crippen MR) is 141 cm³/mol. The van der Waals surface area contributed by atoms with Gasteiger partial charge in [0.05, 0.1) is 27.6 Å². The van der Waals surface area contributed by atoms with E-state index in [-0.39, 0.29) is 34.1 Å². The molecule has 208 valence electrons. The summed E-state index contributed by atoms with van der Waals surface area (Å²) in [7, 11) is -3.83. The predicted octanol–water partition coefficient (Wildman–Crippen LogP) is 4.63. The van der Waals surface area contributed by atoms with Crippen LogP contribution in [0, 0.1) is 0 Å². The van der Waals surface area contributed by atoms with E-state index in [0.29, 0.717) is 36.5 Å². The fourth-order valence-electron chi connectivity index (χ4n) is 4.93. The average molecular weight is 562 g/mol.